The highest BCUT2D eigenvalue weighted by Gasteiger charge is 2.29. The largest absolute Gasteiger partial charge is 0.464 e. The second-order valence-electron chi connectivity index (χ2n) is 2.60. The summed E-state index contributed by atoms with van der Waals surface area (Å²) < 4.78 is 44.6. The quantitative estimate of drug-likeness (QED) is 0.835. The zero-order valence-corrected chi connectivity index (χ0v) is 8.28. The maximum atomic E-state index is 11.8. The summed E-state index contributed by atoms with van der Waals surface area (Å²) in [5, 5.41) is 0. The van der Waals surface area contributed by atoms with Gasteiger partial charge in [0.1, 0.15) is 0 Å². The standard InChI is InChI=1S/C7H9F3N4O2/c1-2-15-5-12-4(11)13-6(14-5)16-3-7(8,9)10/h2-3H2,1H3,(H2,11,12,13,14). The van der Waals surface area contributed by atoms with E-state index in [0.717, 1.165) is 0 Å². The number of hydrogen-bond acceptors (Lipinski definition) is 6. The van der Waals surface area contributed by atoms with Crippen LogP contribution in [0.5, 0.6) is 12.0 Å². The van der Waals surface area contributed by atoms with Crippen LogP contribution in [-0.2, 0) is 0 Å². The van der Waals surface area contributed by atoms with Crippen molar-refractivity contribution >= 4 is 5.95 Å². The molecule has 0 bridgehead atoms. The van der Waals surface area contributed by atoms with E-state index in [4.69, 9.17) is 10.5 Å². The molecule has 1 rings (SSSR count). The first-order chi connectivity index (χ1) is 7.40. The highest BCUT2D eigenvalue weighted by Crippen LogP contribution is 2.17. The summed E-state index contributed by atoms with van der Waals surface area (Å²) in [5.41, 5.74) is 5.23. The van der Waals surface area contributed by atoms with E-state index in [2.05, 4.69) is 19.7 Å². The van der Waals surface area contributed by atoms with E-state index in [1.807, 2.05) is 0 Å². The van der Waals surface area contributed by atoms with Gasteiger partial charge in [0.25, 0.3) is 0 Å². The van der Waals surface area contributed by atoms with Crippen molar-refractivity contribution in [3.8, 4) is 12.0 Å². The normalized spacial score (nSPS) is 11.2. The lowest BCUT2D eigenvalue weighted by atomic mass is 10.7. The first-order valence-corrected chi connectivity index (χ1v) is 4.24. The summed E-state index contributed by atoms with van der Waals surface area (Å²) in [7, 11) is 0. The maximum Gasteiger partial charge on any atom is 0.422 e. The number of ether oxygens (including phenoxy) is 2. The summed E-state index contributed by atoms with van der Waals surface area (Å²) in [4.78, 5) is 10.4. The third-order valence-corrected chi connectivity index (χ3v) is 1.25. The molecule has 2 N–H and O–H groups in total. The molecule has 0 unspecified atom stereocenters. The number of hydrogen-bond donors (Lipinski definition) is 1. The molecule has 1 aromatic rings. The molecule has 0 saturated heterocycles. The van der Waals surface area contributed by atoms with Crippen molar-refractivity contribution in [2.75, 3.05) is 18.9 Å². The molecule has 6 nitrogen and oxygen atoms in total. The fourth-order valence-electron chi connectivity index (χ4n) is 0.757. The van der Waals surface area contributed by atoms with Gasteiger partial charge in [-0.05, 0) is 6.92 Å². The van der Waals surface area contributed by atoms with Crippen molar-refractivity contribution in [2.45, 2.75) is 13.1 Å². The van der Waals surface area contributed by atoms with Crippen LogP contribution in [0, 0.1) is 0 Å². The minimum Gasteiger partial charge on any atom is -0.464 e. The molecule has 1 aromatic heterocycles. The van der Waals surface area contributed by atoms with E-state index in [1.165, 1.54) is 0 Å². The number of aromatic nitrogens is 3. The number of nitrogens with two attached hydrogens (primary N) is 1. The topological polar surface area (TPSA) is 83.2 Å². The average Bonchev–Trinajstić information content (AvgIpc) is 2.13. The molecule has 90 valence electrons. The minimum atomic E-state index is -4.47. The molecule has 0 radical (unpaired) electrons. The molecule has 0 aromatic carbocycles. The smallest absolute Gasteiger partial charge is 0.422 e. The summed E-state index contributed by atoms with van der Waals surface area (Å²) in [5.74, 6) is -0.268. The number of nitrogen functional groups attached to an aromatic ring is 1. The fraction of sp³-hybridized carbons (Fsp3) is 0.571. The Hall–Kier alpha value is -1.80. The van der Waals surface area contributed by atoms with Gasteiger partial charge >= 0.3 is 18.2 Å². The van der Waals surface area contributed by atoms with Gasteiger partial charge in [0, 0.05) is 0 Å². The number of anilines is 1. The van der Waals surface area contributed by atoms with Gasteiger partial charge < -0.3 is 15.2 Å². The van der Waals surface area contributed by atoms with Crippen LogP contribution in [0.3, 0.4) is 0 Å². The van der Waals surface area contributed by atoms with Crippen molar-refractivity contribution in [3.05, 3.63) is 0 Å². The second-order valence-corrected chi connectivity index (χ2v) is 2.60. The van der Waals surface area contributed by atoms with Gasteiger partial charge in [-0.15, -0.1) is 4.98 Å². The van der Waals surface area contributed by atoms with E-state index in [9.17, 15) is 13.2 Å². The van der Waals surface area contributed by atoms with Gasteiger partial charge in [-0.3, -0.25) is 0 Å². The van der Waals surface area contributed by atoms with Crippen molar-refractivity contribution in [2.24, 2.45) is 0 Å². The number of alkyl halides is 3. The van der Waals surface area contributed by atoms with Crippen molar-refractivity contribution in [3.63, 3.8) is 0 Å². The molecule has 0 fully saturated rings. The molecule has 1 heterocycles. The minimum absolute atomic E-state index is 0.174. The molecule has 0 aliphatic rings. The van der Waals surface area contributed by atoms with E-state index in [-0.39, 0.29) is 18.6 Å². The first kappa shape index (κ1) is 12.3. The lowest BCUT2D eigenvalue weighted by Crippen LogP contribution is -2.20. The van der Waals surface area contributed by atoms with Crippen LogP contribution < -0.4 is 15.2 Å². The predicted molar refractivity (Wildman–Crippen MR) is 47.0 cm³/mol. The Morgan fingerprint density at radius 1 is 1.12 bits per heavy atom. The van der Waals surface area contributed by atoms with Gasteiger partial charge in [0.05, 0.1) is 6.61 Å². The molecule has 0 atom stereocenters. The zero-order valence-electron chi connectivity index (χ0n) is 8.28. The molecule has 9 heteroatoms. The maximum absolute atomic E-state index is 11.8. The SMILES string of the molecule is CCOc1nc(N)nc(OCC(F)(F)F)n1. The lowest BCUT2D eigenvalue weighted by Gasteiger charge is -2.08. The molecule has 0 spiro atoms. The third-order valence-electron chi connectivity index (χ3n) is 1.25. The first-order valence-electron chi connectivity index (χ1n) is 4.24. The molecule has 16 heavy (non-hydrogen) atoms. The predicted octanol–water partition coefficient (Wildman–Crippen LogP) is 0.794. The van der Waals surface area contributed by atoms with Crippen LogP contribution in [0.2, 0.25) is 0 Å². The summed E-state index contributed by atoms with van der Waals surface area (Å²) >= 11 is 0. The fourth-order valence-corrected chi connectivity index (χ4v) is 0.757. The Labute approximate surface area is 88.6 Å². The van der Waals surface area contributed by atoms with Gasteiger partial charge in [0.2, 0.25) is 5.95 Å². The van der Waals surface area contributed by atoms with Crippen LogP contribution in [-0.4, -0.2) is 34.3 Å². The molecule has 0 aliphatic heterocycles. The van der Waals surface area contributed by atoms with Gasteiger partial charge in [-0.2, -0.15) is 23.1 Å². The number of halogens is 3. The molecular formula is C7H9F3N4O2. The van der Waals surface area contributed by atoms with Crippen molar-refractivity contribution < 1.29 is 22.6 Å². The highest BCUT2D eigenvalue weighted by atomic mass is 19.4. The number of nitrogens with zero attached hydrogens (tertiary/aromatic N) is 3. The Kier molecular flexibility index (Phi) is 3.69. The monoisotopic (exact) mass is 238 g/mol. The lowest BCUT2D eigenvalue weighted by molar-refractivity contribution is -0.154. The molecule has 0 amide bonds. The Balaban J connectivity index is 2.72. The van der Waals surface area contributed by atoms with Crippen LogP contribution in [0.4, 0.5) is 19.1 Å². The Bertz CT molecular complexity index is 358. The van der Waals surface area contributed by atoms with Gasteiger partial charge in [-0.25, -0.2) is 0 Å². The van der Waals surface area contributed by atoms with Crippen LogP contribution in [0.15, 0.2) is 0 Å². The third kappa shape index (κ3) is 4.15. The van der Waals surface area contributed by atoms with E-state index < -0.39 is 18.8 Å². The van der Waals surface area contributed by atoms with Crippen molar-refractivity contribution in [1.82, 2.24) is 15.0 Å². The van der Waals surface area contributed by atoms with E-state index in [1.54, 1.807) is 6.92 Å². The van der Waals surface area contributed by atoms with E-state index in [0.29, 0.717) is 0 Å². The summed E-state index contributed by atoms with van der Waals surface area (Å²) in [6, 6.07) is -0.694. The van der Waals surface area contributed by atoms with Crippen LogP contribution in [0.1, 0.15) is 6.92 Å². The van der Waals surface area contributed by atoms with Crippen LogP contribution in [0.25, 0.3) is 0 Å². The summed E-state index contributed by atoms with van der Waals surface area (Å²) in [6.07, 6.45) is -4.47. The molecule has 0 aliphatic carbocycles. The van der Waals surface area contributed by atoms with E-state index >= 15 is 0 Å². The highest BCUT2D eigenvalue weighted by molar-refractivity contribution is 5.20. The molecular weight excluding hydrogens is 229 g/mol. The number of rotatable bonds is 4. The second kappa shape index (κ2) is 4.81. The van der Waals surface area contributed by atoms with Crippen LogP contribution >= 0.6 is 0 Å². The average molecular weight is 238 g/mol. The summed E-state index contributed by atoms with van der Waals surface area (Å²) in [6.45, 7) is 0.417. The van der Waals surface area contributed by atoms with Crippen molar-refractivity contribution in [1.29, 1.82) is 0 Å². The Morgan fingerprint density at radius 2 is 1.69 bits per heavy atom. The zero-order chi connectivity index (χ0) is 12.2. The molecule has 0 saturated carbocycles. The van der Waals surface area contributed by atoms with Gasteiger partial charge in [-0.1, -0.05) is 0 Å². The van der Waals surface area contributed by atoms with Gasteiger partial charge in [0.15, 0.2) is 6.61 Å². The Morgan fingerprint density at radius 3 is 2.19 bits per heavy atom.